The van der Waals surface area contributed by atoms with Gasteiger partial charge in [-0.15, -0.1) is 0 Å². The number of benzene rings is 1. The van der Waals surface area contributed by atoms with Crippen LogP contribution in [0, 0.1) is 5.82 Å². The van der Waals surface area contributed by atoms with Crippen molar-refractivity contribution in [2.45, 2.75) is 43.6 Å². The predicted molar refractivity (Wildman–Crippen MR) is 107 cm³/mol. The number of nitrogens with zero attached hydrogens (tertiary/aromatic N) is 5. The summed E-state index contributed by atoms with van der Waals surface area (Å²) >= 11 is 0. The lowest BCUT2D eigenvalue weighted by molar-refractivity contribution is -0.140. The Bertz CT molecular complexity index is 1120. The van der Waals surface area contributed by atoms with Crippen molar-refractivity contribution < 1.29 is 13.9 Å². The summed E-state index contributed by atoms with van der Waals surface area (Å²) < 4.78 is 22.0. The molecule has 2 aromatic heterocycles. The van der Waals surface area contributed by atoms with Crippen molar-refractivity contribution in [3.05, 3.63) is 60.2 Å². The number of hydrogen-bond donors (Lipinski definition) is 0. The third-order valence-corrected chi connectivity index (χ3v) is 6.72. The topological polar surface area (TPSA) is 63.0 Å². The van der Waals surface area contributed by atoms with E-state index in [1.807, 2.05) is 27.6 Å². The SMILES string of the molecule is O=C1N2[C@@H](CC[C@H]2c2cccc(F)c2)OC12CCN(c1ccnc3ccnn13)CC2. The van der Waals surface area contributed by atoms with E-state index < -0.39 is 5.60 Å². The van der Waals surface area contributed by atoms with Gasteiger partial charge in [-0.3, -0.25) is 4.79 Å². The molecule has 7 nitrogen and oxygen atoms in total. The van der Waals surface area contributed by atoms with Gasteiger partial charge in [0.05, 0.1) is 12.2 Å². The molecule has 30 heavy (non-hydrogen) atoms. The van der Waals surface area contributed by atoms with Gasteiger partial charge in [-0.25, -0.2) is 9.37 Å². The highest BCUT2D eigenvalue weighted by Gasteiger charge is 2.58. The van der Waals surface area contributed by atoms with Crippen molar-refractivity contribution in [1.29, 1.82) is 0 Å². The van der Waals surface area contributed by atoms with E-state index in [4.69, 9.17) is 4.74 Å². The molecule has 1 aromatic carbocycles. The first kappa shape index (κ1) is 17.8. The number of rotatable bonds is 2. The van der Waals surface area contributed by atoms with Crippen LogP contribution in [0.5, 0.6) is 0 Å². The Morgan fingerprint density at radius 2 is 1.97 bits per heavy atom. The molecule has 3 aliphatic heterocycles. The van der Waals surface area contributed by atoms with E-state index in [2.05, 4.69) is 15.0 Å². The molecule has 154 valence electrons. The smallest absolute Gasteiger partial charge is 0.257 e. The number of carbonyl (C=O) groups excluding carboxylic acids is 1. The van der Waals surface area contributed by atoms with E-state index in [9.17, 15) is 9.18 Å². The molecule has 6 rings (SSSR count). The maximum absolute atomic E-state index is 13.7. The molecule has 3 saturated heterocycles. The van der Waals surface area contributed by atoms with Crippen LogP contribution in [0.2, 0.25) is 0 Å². The number of hydrogen-bond acceptors (Lipinski definition) is 5. The summed E-state index contributed by atoms with van der Waals surface area (Å²) in [7, 11) is 0. The van der Waals surface area contributed by atoms with Crippen molar-refractivity contribution in [2.75, 3.05) is 18.0 Å². The molecular formula is C22H22FN5O2. The van der Waals surface area contributed by atoms with Gasteiger partial charge in [-0.05, 0) is 36.6 Å². The summed E-state index contributed by atoms with van der Waals surface area (Å²) in [6.45, 7) is 1.41. The zero-order valence-corrected chi connectivity index (χ0v) is 16.4. The Labute approximate surface area is 173 Å². The van der Waals surface area contributed by atoms with E-state index in [1.165, 1.54) is 12.1 Å². The minimum absolute atomic E-state index is 0.0536. The highest BCUT2D eigenvalue weighted by atomic mass is 19.1. The van der Waals surface area contributed by atoms with Crippen LogP contribution in [-0.2, 0) is 9.53 Å². The molecule has 1 spiro atoms. The van der Waals surface area contributed by atoms with Gasteiger partial charge in [-0.2, -0.15) is 9.61 Å². The molecular weight excluding hydrogens is 385 g/mol. The molecule has 3 aromatic rings. The fourth-order valence-electron chi connectivity index (χ4n) is 5.24. The van der Waals surface area contributed by atoms with Crippen LogP contribution in [0.15, 0.2) is 48.8 Å². The number of anilines is 1. The fraction of sp³-hybridized carbons (Fsp3) is 0.409. The molecule has 3 aliphatic rings. The standard InChI is InChI=1S/C22H22FN5O2/c23-16-3-1-2-15(14-16)17-4-5-20-27(17)21(29)22(30-20)8-12-26(13-9-22)19-7-10-24-18-6-11-25-28(18)19/h1-3,6-7,10-11,14,17,20H,4-5,8-9,12-13H2/t17-,20+/m0/s1. The van der Waals surface area contributed by atoms with Crippen LogP contribution >= 0.6 is 0 Å². The summed E-state index contributed by atoms with van der Waals surface area (Å²) in [4.78, 5) is 21.9. The average molecular weight is 407 g/mol. The van der Waals surface area contributed by atoms with Gasteiger partial charge in [0.25, 0.3) is 5.91 Å². The zero-order chi connectivity index (χ0) is 20.3. The normalized spacial score (nSPS) is 25.4. The Kier molecular flexibility index (Phi) is 3.86. The first-order chi connectivity index (χ1) is 14.6. The third-order valence-electron chi connectivity index (χ3n) is 6.72. The Morgan fingerprint density at radius 3 is 2.80 bits per heavy atom. The van der Waals surface area contributed by atoms with Gasteiger partial charge in [0.2, 0.25) is 0 Å². The maximum Gasteiger partial charge on any atom is 0.257 e. The fourth-order valence-corrected chi connectivity index (χ4v) is 5.24. The van der Waals surface area contributed by atoms with E-state index in [0.717, 1.165) is 29.9 Å². The van der Waals surface area contributed by atoms with Crippen LogP contribution in [0.1, 0.15) is 37.3 Å². The molecule has 0 saturated carbocycles. The molecule has 2 atom stereocenters. The Morgan fingerprint density at radius 1 is 1.10 bits per heavy atom. The summed E-state index contributed by atoms with van der Waals surface area (Å²) in [5, 5.41) is 4.37. The van der Waals surface area contributed by atoms with Gasteiger partial charge < -0.3 is 14.5 Å². The van der Waals surface area contributed by atoms with Crippen LogP contribution in [-0.4, -0.2) is 50.3 Å². The summed E-state index contributed by atoms with van der Waals surface area (Å²) in [6, 6.07) is 10.3. The Hall–Kier alpha value is -3.00. The molecule has 0 bridgehead atoms. The van der Waals surface area contributed by atoms with Crippen LogP contribution < -0.4 is 4.90 Å². The third kappa shape index (κ3) is 2.56. The molecule has 0 radical (unpaired) electrons. The molecule has 3 fully saturated rings. The second-order valence-corrected chi connectivity index (χ2v) is 8.32. The summed E-state index contributed by atoms with van der Waals surface area (Å²) in [5.74, 6) is 0.759. The number of carbonyl (C=O) groups is 1. The van der Waals surface area contributed by atoms with Crippen molar-refractivity contribution in [2.24, 2.45) is 0 Å². The second kappa shape index (κ2) is 6.50. The quantitative estimate of drug-likeness (QED) is 0.654. The van der Waals surface area contributed by atoms with E-state index in [1.54, 1.807) is 18.5 Å². The lowest BCUT2D eigenvalue weighted by Crippen LogP contribution is -2.50. The van der Waals surface area contributed by atoms with Crippen molar-refractivity contribution in [3.8, 4) is 0 Å². The number of halogens is 1. The minimum atomic E-state index is -0.774. The van der Waals surface area contributed by atoms with Gasteiger partial charge in [-0.1, -0.05) is 12.1 Å². The highest BCUT2D eigenvalue weighted by Crippen LogP contribution is 2.47. The van der Waals surface area contributed by atoms with Crippen molar-refractivity contribution in [3.63, 3.8) is 0 Å². The zero-order valence-electron chi connectivity index (χ0n) is 16.4. The number of fused-ring (bicyclic) bond motifs is 2. The average Bonchev–Trinajstić information content (AvgIpc) is 3.45. The van der Waals surface area contributed by atoms with Crippen molar-refractivity contribution >= 4 is 17.4 Å². The molecule has 1 amide bonds. The molecule has 0 unspecified atom stereocenters. The largest absolute Gasteiger partial charge is 0.356 e. The van der Waals surface area contributed by atoms with E-state index in [-0.39, 0.29) is 24.0 Å². The first-order valence-electron chi connectivity index (χ1n) is 10.4. The van der Waals surface area contributed by atoms with Crippen LogP contribution in [0.3, 0.4) is 0 Å². The van der Waals surface area contributed by atoms with Gasteiger partial charge in [0, 0.05) is 38.2 Å². The Balaban J connectivity index is 1.23. The highest BCUT2D eigenvalue weighted by molar-refractivity contribution is 5.88. The van der Waals surface area contributed by atoms with Gasteiger partial charge >= 0.3 is 0 Å². The lowest BCUT2D eigenvalue weighted by Gasteiger charge is -2.38. The first-order valence-corrected chi connectivity index (χ1v) is 10.4. The second-order valence-electron chi connectivity index (χ2n) is 8.32. The molecule has 0 aliphatic carbocycles. The summed E-state index contributed by atoms with van der Waals surface area (Å²) in [5.41, 5.74) is 0.880. The van der Waals surface area contributed by atoms with Crippen LogP contribution in [0.25, 0.3) is 5.65 Å². The lowest BCUT2D eigenvalue weighted by atomic mass is 9.89. The monoisotopic (exact) mass is 407 g/mol. The van der Waals surface area contributed by atoms with Gasteiger partial charge in [0.15, 0.2) is 11.2 Å². The molecule has 8 heteroatoms. The minimum Gasteiger partial charge on any atom is -0.356 e. The van der Waals surface area contributed by atoms with Crippen LogP contribution in [0.4, 0.5) is 10.2 Å². The number of amides is 1. The number of ether oxygens (including phenoxy) is 1. The van der Waals surface area contributed by atoms with Crippen molar-refractivity contribution in [1.82, 2.24) is 19.5 Å². The maximum atomic E-state index is 13.7. The van der Waals surface area contributed by atoms with Gasteiger partial charge in [0.1, 0.15) is 17.9 Å². The predicted octanol–water partition coefficient (Wildman–Crippen LogP) is 2.93. The summed E-state index contributed by atoms with van der Waals surface area (Å²) in [6.07, 6.45) is 6.15. The van der Waals surface area contributed by atoms with E-state index >= 15 is 0 Å². The molecule has 0 N–H and O–H groups in total. The number of aromatic nitrogens is 3. The molecule has 5 heterocycles. The van der Waals surface area contributed by atoms with E-state index in [0.29, 0.717) is 25.9 Å². The number of piperidine rings is 1.